The number of carbonyl (C=O) groups excluding carboxylic acids is 4. The summed E-state index contributed by atoms with van der Waals surface area (Å²) in [6.45, 7) is 3.83. The average Bonchev–Trinajstić information content (AvgIpc) is 3.40. The standard InChI is InChI=1S/C27H30N2O6S2/c1-17(2)22(24(31)29-15-9-14-20(29)25(32)33)28-23(30)21(37-27(35)19-12-7-4-8-13-19)16-36-26(34)18-10-5-3-6-11-18/h3-8,10-13,17,20-22H,9,14-16H2,1-2H3,(H,28,30)(H,32,33)/t20?,21-,22?/m1/s1. The van der Waals surface area contributed by atoms with E-state index in [2.05, 4.69) is 5.32 Å². The molecule has 0 aromatic heterocycles. The first-order valence-electron chi connectivity index (χ1n) is 12.0. The fraction of sp³-hybridized carbons (Fsp3) is 0.370. The summed E-state index contributed by atoms with van der Waals surface area (Å²) in [7, 11) is 0. The Morgan fingerprint density at radius 3 is 2.05 bits per heavy atom. The van der Waals surface area contributed by atoms with Gasteiger partial charge in [0.1, 0.15) is 17.3 Å². The maximum atomic E-state index is 13.4. The Balaban J connectivity index is 1.77. The van der Waals surface area contributed by atoms with Crippen molar-refractivity contribution in [2.24, 2.45) is 5.92 Å². The molecule has 3 atom stereocenters. The van der Waals surface area contributed by atoms with Crippen molar-refractivity contribution >= 4 is 51.5 Å². The number of carboxylic acids is 1. The van der Waals surface area contributed by atoms with Crippen LogP contribution in [0.15, 0.2) is 60.7 Å². The van der Waals surface area contributed by atoms with Crippen molar-refractivity contribution in [3.05, 3.63) is 71.8 Å². The van der Waals surface area contributed by atoms with Gasteiger partial charge in [-0.05, 0) is 18.8 Å². The van der Waals surface area contributed by atoms with Gasteiger partial charge in [0.2, 0.25) is 22.0 Å². The van der Waals surface area contributed by atoms with E-state index in [0.717, 1.165) is 23.5 Å². The summed E-state index contributed by atoms with van der Waals surface area (Å²) in [5.41, 5.74) is 0.901. The van der Waals surface area contributed by atoms with Crippen molar-refractivity contribution in [1.82, 2.24) is 10.2 Å². The highest BCUT2D eigenvalue weighted by molar-refractivity contribution is 8.18. The van der Waals surface area contributed by atoms with Gasteiger partial charge in [-0.15, -0.1) is 0 Å². The molecule has 1 aliphatic heterocycles. The van der Waals surface area contributed by atoms with Gasteiger partial charge in [-0.3, -0.25) is 19.2 Å². The van der Waals surface area contributed by atoms with Gasteiger partial charge >= 0.3 is 5.97 Å². The molecule has 0 aliphatic carbocycles. The average molecular weight is 543 g/mol. The third kappa shape index (κ3) is 7.69. The molecule has 2 amide bonds. The normalized spacial score (nSPS) is 16.7. The van der Waals surface area contributed by atoms with Crippen LogP contribution in [0.5, 0.6) is 0 Å². The molecular formula is C27H30N2O6S2. The molecule has 1 saturated heterocycles. The quantitative estimate of drug-likeness (QED) is 0.466. The zero-order valence-electron chi connectivity index (χ0n) is 20.7. The van der Waals surface area contributed by atoms with Gasteiger partial charge in [0, 0.05) is 23.4 Å². The van der Waals surface area contributed by atoms with Gasteiger partial charge in [0.15, 0.2) is 0 Å². The largest absolute Gasteiger partial charge is 0.480 e. The maximum absolute atomic E-state index is 13.4. The molecule has 196 valence electrons. The summed E-state index contributed by atoms with van der Waals surface area (Å²) < 4.78 is 0. The number of carboxylic acid groups (broad SMARTS) is 1. The van der Waals surface area contributed by atoms with Crippen molar-refractivity contribution in [2.45, 2.75) is 44.0 Å². The molecule has 0 radical (unpaired) electrons. The van der Waals surface area contributed by atoms with E-state index in [-0.39, 0.29) is 21.9 Å². The number of nitrogens with zero attached hydrogens (tertiary/aromatic N) is 1. The lowest BCUT2D eigenvalue weighted by Gasteiger charge is -2.30. The second-order valence-electron chi connectivity index (χ2n) is 8.98. The molecule has 1 fully saturated rings. The molecule has 1 heterocycles. The SMILES string of the molecule is CC(C)C(NC(=O)[C@@H](CSC(=O)c1ccccc1)SC(=O)c1ccccc1)C(=O)N1CCCC1C(=O)O. The number of aliphatic carboxylic acids is 1. The molecule has 2 unspecified atom stereocenters. The van der Waals surface area contributed by atoms with Crippen LogP contribution >= 0.6 is 23.5 Å². The van der Waals surface area contributed by atoms with E-state index >= 15 is 0 Å². The van der Waals surface area contributed by atoms with E-state index < -0.39 is 35.1 Å². The Hall–Kier alpha value is -3.11. The minimum absolute atomic E-state index is 0.0171. The highest BCUT2D eigenvalue weighted by Crippen LogP contribution is 2.25. The first-order valence-corrected chi connectivity index (χ1v) is 13.9. The van der Waals surface area contributed by atoms with Gasteiger partial charge in [-0.2, -0.15) is 0 Å². The maximum Gasteiger partial charge on any atom is 0.326 e. The Labute approximate surface area is 224 Å². The molecule has 10 heteroatoms. The number of hydrogen-bond acceptors (Lipinski definition) is 7. The summed E-state index contributed by atoms with van der Waals surface area (Å²) in [6, 6.07) is 15.3. The van der Waals surface area contributed by atoms with Crippen LogP contribution in [-0.2, 0) is 14.4 Å². The number of benzene rings is 2. The molecule has 0 bridgehead atoms. The van der Waals surface area contributed by atoms with Crippen molar-refractivity contribution in [2.75, 3.05) is 12.3 Å². The van der Waals surface area contributed by atoms with Gasteiger partial charge in [-0.1, -0.05) is 98.0 Å². The second-order valence-corrected chi connectivity index (χ2v) is 11.2. The minimum atomic E-state index is -1.07. The van der Waals surface area contributed by atoms with E-state index in [1.165, 1.54) is 4.90 Å². The molecule has 8 nitrogen and oxygen atoms in total. The van der Waals surface area contributed by atoms with Crippen LogP contribution in [0.4, 0.5) is 0 Å². The Morgan fingerprint density at radius 1 is 0.946 bits per heavy atom. The van der Waals surface area contributed by atoms with E-state index in [0.29, 0.717) is 30.5 Å². The van der Waals surface area contributed by atoms with E-state index in [4.69, 9.17) is 0 Å². The Kier molecular flexibility index (Phi) is 10.3. The van der Waals surface area contributed by atoms with Gasteiger partial charge in [-0.25, -0.2) is 4.79 Å². The predicted octanol–water partition coefficient (Wildman–Crippen LogP) is 3.72. The lowest BCUT2D eigenvalue weighted by molar-refractivity contribution is -0.149. The lowest BCUT2D eigenvalue weighted by Crippen LogP contribution is -2.55. The van der Waals surface area contributed by atoms with Crippen molar-refractivity contribution < 1.29 is 29.1 Å². The summed E-state index contributed by atoms with van der Waals surface area (Å²) in [4.78, 5) is 65.2. The summed E-state index contributed by atoms with van der Waals surface area (Å²) in [5.74, 6) is -2.39. The number of hydrogen-bond donors (Lipinski definition) is 2. The molecule has 1 aliphatic rings. The van der Waals surface area contributed by atoms with E-state index in [1.807, 2.05) is 0 Å². The number of likely N-dealkylation sites (tertiary alicyclic amines) is 1. The Bertz CT molecular complexity index is 1130. The van der Waals surface area contributed by atoms with Crippen molar-refractivity contribution in [3.63, 3.8) is 0 Å². The van der Waals surface area contributed by atoms with Gasteiger partial charge in [0.05, 0.1) is 0 Å². The van der Waals surface area contributed by atoms with Crippen LogP contribution in [0.1, 0.15) is 47.4 Å². The summed E-state index contributed by atoms with van der Waals surface area (Å²) >= 11 is 1.73. The Morgan fingerprint density at radius 2 is 1.51 bits per heavy atom. The molecule has 37 heavy (non-hydrogen) atoms. The van der Waals surface area contributed by atoms with Gasteiger partial charge in [0.25, 0.3) is 0 Å². The van der Waals surface area contributed by atoms with E-state index in [1.54, 1.807) is 74.5 Å². The number of amides is 2. The summed E-state index contributed by atoms with van der Waals surface area (Å²) in [5, 5.41) is 10.7. The molecule has 0 spiro atoms. The molecule has 2 N–H and O–H groups in total. The summed E-state index contributed by atoms with van der Waals surface area (Å²) in [6.07, 6.45) is 0.936. The molecule has 3 rings (SSSR count). The first kappa shape index (κ1) is 28.5. The highest BCUT2D eigenvalue weighted by atomic mass is 32.2. The van der Waals surface area contributed by atoms with Crippen LogP contribution in [0, 0.1) is 5.92 Å². The second kappa shape index (κ2) is 13.4. The fourth-order valence-electron chi connectivity index (χ4n) is 3.97. The highest BCUT2D eigenvalue weighted by Gasteiger charge is 2.39. The topological polar surface area (TPSA) is 121 Å². The number of rotatable bonds is 10. The predicted molar refractivity (Wildman–Crippen MR) is 145 cm³/mol. The zero-order valence-corrected chi connectivity index (χ0v) is 22.3. The van der Waals surface area contributed by atoms with Crippen molar-refractivity contribution in [1.29, 1.82) is 0 Å². The smallest absolute Gasteiger partial charge is 0.326 e. The van der Waals surface area contributed by atoms with Gasteiger partial charge < -0.3 is 15.3 Å². The van der Waals surface area contributed by atoms with Crippen LogP contribution in [0.25, 0.3) is 0 Å². The van der Waals surface area contributed by atoms with Crippen LogP contribution in [-0.4, -0.2) is 67.7 Å². The fourth-order valence-corrected chi connectivity index (χ4v) is 5.91. The molecule has 2 aromatic carbocycles. The third-order valence-electron chi connectivity index (χ3n) is 5.98. The third-order valence-corrected chi connectivity index (χ3v) is 8.30. The number of nitrogens with one attached hydrogen (secondary N) is 1. The zero-order chi connectivity index (χ0) is 26.9. The first-order chi connectivity index (χ1) is 17.7. The molecular weight excluding hydrogens is 512 g/mol. The lowest BCUT2D eigenvalue weighted by atomic mass is 10.0. The van der Waals surface area contributed by atoms with Crippen molar-refractivity contribution in [3.8, 4) is 0 Å². The minimum Gasteiger partial charge on any atom is -0.480 e. The number of thioether (sulfide) groups is 2. The van der Waals surface area contributed by atoms with E-state index in [9.17, 15) is 29.1 Å². The van der Waals surface area contributed by atoms with Crippen LogP contribution < -0.4 is 5.32 Å². The van der Waals surface area contributed by atoms with Crippen LogP contribution in [0.3, 0.4) is 0 Å². The monoisotopic (exact) mass is 542 g/mol. The van der Waals surface area contributed by atoms with Crippen LogP contribution in [0.2, 0.25) is 0 Å². The molecule has 2 aromatic rings. The number of carbonyl (C=O) groups is 5. The molecule has 0 saturated carbocycles.